The van der Waals surface area contributed by atoms with E-state index in [1.807, 2.05) is 29.8 Å². The highest BCUT2D eigenvalue weighted by molar-refractivity contribution is 7.89. The van der Waals surface area contributed by atoms with Gasteiger partial charge in [-0.3, -0.25) is 9.69 Å². The third kappa shape index (κ3) is 6.03. The number of benzene rings is 2. The molecule has 1 aliphatic carbocycles. The summed E-state index contributed by atoms with van der Waals surface area (Å²) >= 11 is 6.30. The summed E-state index contributed by atoms with van der Waals surface area (Å²) in [6, 6.07) is 14.7. The minimum Gasteiger partial charge on any atom is -0.349 e. The number of nitrogens with zero attached hydrogens (tertiary/aromatic N) is 4. The molecule has 1 fully saturated rings. The fraction of sp³-hybridized carbons (Fsp3) is 0.469. The highest BCUT2D eigenvalue weighted by atomic mass is 35.5. The predicted octanol–water partition coefficient (Wildman–Crippen LogP) is 4.53. The number of sulfonamides is 1. The molecule has 6 rings (SSSR count). The van der Waals surface area contributed by atoms with Gasteiger partial charge in [-0.1, -0.05) is 35.9 Å². The Morgan fingerprint density at radius 3 is 2.62 bits per heavy atom. The van der Waals surface area contributed by atoms with Crippen LogP contribution in [0.5, 0.6) is 0 Å². The molecule has 0 spiro atoms. The number of likely N-dealkylation sites (N-methyl/N-ethyl adjacent to an activating group) is 1. The lowest BCUT2D eigenvalue weighted by atomic mass is 9.86. The SMILES string of the molecule is Cc1ccc(S(=O)(=O)N2CCn3cccc3C2CC(=O)NC2CCCc3cc(CN4CCN(C)CC4)ccc32)cc1Cl. The maximum atomic E-state index is 13.8. The van der Waals surface area contributed by atoms with Gasteiger partial charge in [0, 0.05) is 69.1 Å². The van der Waals surface area contributed by atoms with E-state index in [1.165, 1.54) is 27.1 Å². The largest absolute Gasteiger partial charge is 0.349 e. The molecule has 3 aromatic rings. The molecule has 1 aromatic heterocycles. The van der Waals surface area contributed by atoms with Crippen LogP contribution in [0.25, 0.3) is 0 Å². The number of carbonyl (C=O) groups is 1. The first-order valence-corrected chi connectivity index (χ1v) is 16.8. The Kier molecular flexibility index (Phi) is 8.49. The molecule has 2 aliphatic heterocycles. The van der Waals surface area contributed by atoms with Gasteiger partial charge in [0.1, 0.15) is 0 Å². The van der Waals surface area contributed by atoms with Crippen LogP contribution in [0.3, 0.4) is 0 Å². The minimum atomic E-state index is -3.87. The number of hydrogen-bond donors (Lipinski definition) is 1. The van der Waals surface area contributed by atoms with Crippen LogP contribution >= 0.6 is 11.6 Å². The lowest BCUT2D eigenvalue weighted by molar-refractivity contribution is -0.123. The Hall–Kier alpha value is -2.69. The van der Waals surface area contributed by atoms with E-state index in [0.717, 1.165) is 63.2 Å². The van der Waals surface area contributed by atoms with Gasteiger partial charge in [0.2, 0.25) is 15.9 Å². The third-order valence-electron chi connectivity index (χ3n) is 9.10. The Bertz CT molecular complexity index is 1560. The van der Waals surface area contributed by atoms with Crippen molar-refractivity contribution < 1.29 is 13.2 Å². The topological polar surface area (TPSA) is 77.9 Å². The molecule has 1 amide bonds. The Morgan fingerprint density at radius 1 is 1.02 bits per heavy atom. The zero-order valence-corrected chi connectivity index (χ0v) is 26.0. The predicted molar refractivity (Wildman–Crippen MR) is 165 cm³/mol. The normalized spacial score (nSPS) is 22.0. The van der Waals surface area contributed by atoms with Crippen molar-refractivity contribution in [1.29, 1.82) is 0 Å². The van der Waals surface area contributed by atoms with Crippen LogP contribution in [0.2, 0.25) is 5.02 Å². The van der Waals surface area contributed by atoms with Crippen molar-refractivity contribution in [2.24, 2.45) is 0 Å². The molecule has 0 saturated carbocycles. The summed E-state index contributed by atoms with van der Waals surface area (Å²) in [6.07, 6.45) is 4.90. The summed E-state index contributed by atoms with van der Waals surface area (Å²) in [6.45, 7) is 7.99. The van der Waals surface area contributed by atoms with Crippen molar-refractivity contribution in [3.05, 3.63) is 87.7 Å². The van der Waals surface area contributed by atoms with Crippen molar-refractivity contribution >= 4 is 27.5 Å². The van der Waals surface area contributed by atoms with E-state index in [2.05, 4.69) is 40.4 Å². The fourth-order valence-corrected chi connectivity index (χ4v) is 8.48. The average Bonchev–Trinajstić information content (AvgIpc) is 3.45. The summed E-state index contributed by atoms with van der Waals surface area (Å²) in [5, 5.41) is 3.68. The molecule has 2 unspecified atom stereocenters. The lowest BCUT2D eigenvalue weighted by Gasteiger charge is -2.36. The monoisotopic (exact) mass is 609 g/mol. The molecule has 2 aromatic carbocycles. The van der Waals surface area contributed by atoms with E-state index < -0.39 is 16.1 Å². The van der Waals surface area contributed by atoms with E-state index >= 15 is 0 Å². The maximum absolute atomic E-state index is 13.8. The van der Waals surface area contributed by atoms with Crippen molar-refractivity contribution in [3.8, 4) is 0 Å². The smallest absolute Gasteiger partial charge is 0.243 e. The molecular weight excluding hydrogens is 570 g/mol. The first kappa shape index (κ1) is 29.4. The third-order valence-corrected chi connectivity index (χ3v) is 11.4. The van der Waals surface area contributed by atoms with Crippen LogP contribution in [-0.2, 0) is 34.3 Å². The maximum Gasteiger partial charge on any atom is 0.243 e. The quantitative estimate of drug-likeness (QED) is 0.426. The number of amides is 1. The number of piperazine rings is 1. The average molecular weight is 610 g/mol. The summed E-state index contributed by atoms with van der Waals surface area (Å²) in [5.74, 6) is -0.142. The van der Waals surface area contributed by atoms with Gasteiger partial charge in [-0.25, -0.2) is 8.42 Å². The number of rotatable bonds is 7. The van der Waals surface area contributed by atoms with Crippen LogP contribution < -0.4 is 5.32 Å². The first-order chi connectivity index (χ1) is 20.2. The van der Waals surface area contributed by atoms with Crippen molar-refractivity contribution in [2.75, 3.05) is 39.8 Å². The standard InChI is InChI=1S/C32H40ClN5O3S/c1-23-8-10-26(20-28(23)33)42(40,41)38-18-17-37-12-4-7-30(37)31(38)21-32(39)34-29-6-3-5-25-19-24(9-11-27(25)29)22-36-15-13-35(2)14-16-36/h4,7-12,19-20,29,31H,3,5-6,13-18,21-22H2,1-2H3,(H,34,39). The number of aryl methyl sites for hydroxylation is 2. The van der Waals surface area contributed by atoms with Crippen LogP contribution in [0.15, 0.2) is 59.6 Å². The molecule has 2 atom stereocenters. The highest BCUT2D eigenvalue weighted by Gasteiger charge is 2.38. The summed E-state index contributed by atoms with van der Waals surface area (Å²) in [7, 11) is -1.70. The second-order valence-corrected chi connectivity index (χ2v) is 14.3. The number of hydrogen-bond acceptors (Lipinski definition) is 5. The lowest BCUT2D eigenvalue weighted by Crippen LogP contribution is -2.44. The van der Waals surface area contributed by atoms with Gasteiger partial charge >= 0.3 is 0 Å². The molecule has 42 heavy (non-hydrogen) atoms. The molecule has 0 radical (unpaired) electrons. The van der Waals surface area contributed by atoms with Gasteiger partial charge in [-0.2, -0.15) is 4.31 Å². The number of halogens is 1. The molecule has 1 N–H and O–H groups in total. The van der Waals surface area contributed by atoms with Gasteiger partial charge in [0.15, 0.2) is 0 Å². The van der Waals surface area contributed by atoms with Gasteiger partial charge in [0.25, 0.3) is 0 Å². The van der Waals surface area contributed by atoms with E-state index in [0.29, 0.717) is 11.6 Å². The van der Waals surface area contributed by atoms with Gasteiger partial charge in [0.05, 0.1) is 17.0 Å². The van der Waals surface area contributed by atoms with Crippen LogP contribution in [-0.4, -0.2) is 72.8 Å². The Morgan fingerprint density at radius 2 is 1.83 bits per heavy atom. The number of aromatic nitrogens is 1. The Balaban J connectivity index is 1.18. The molecule has 3 aliphatic rings. The molecule has 3 heterocycles. The van der Waals surface area contributed by atoms with Crippen LogP contribution in [0.4, 0.5) is 0 Å². The first-order valence-electron chi connectivity index (χ1n) is 14.9. The molecule has 1 saturated heterocycles. The van der Waals surface area contributed by atoms with Crippen LogP contribution in [0, 0.1) is 6.92 Å². The molecule has 10 heteroatoms. The molecule has 0 bridgehead atoms. The number of nitrogens with one attached hydrogen (secondary N) is 1. The summed E-state index contributed by atoms with van der Waals surface area (Å²) in [5.41, 5.74) is 5.46. The van der Waals surface area contributed by atoms with E-state index in [4.69, 9.17) is 11.6 Å². The fourth-order valence-electron chi connectivity index (χ4n) is 6.62. The van der Waals surface area contributed by atoms with Crippen molar-refractivity contribution in [3.63, 3.8) is 0 Å². The van der Waals surface area contributed by atoms with Gasteiger partial charge in [-0.15, -0.1) is 0 Å². The van der Waals surface area contributed by atoms with E-state index in [1.54, 1.807) is 12.1 Å². The number of carbonyl (C=O) groups excluding carboxylic acids is 1. The second-order valence-electron chi connectivity index (χ2n) is 12.0. The van der Waals surface area contributed by atoms with Gasteiger partial charge < -0.3 is 14.8 Å². The van der Waals surface area contributed by atoms with E-state index in [9.17, 15) is 13.2 Å². The minimum absolute atomic E-state index is 0.0517. The summed E-state index contributed by atoms with van der Waals surface area (Å²) in [4.78, 5) is 18.6. The molecular formula is C32H40ClN5O3S. The molecule has 8 nitrogen and oxygen atoms in total. The Labute approximate surface area is 254 Å². The van der Waals surface area contributed by atoms with E-state index in [-0.39, 0.29) is 29.8 Å². The van der Waals surface area contributed by atoms with Crippen molar-refractivity contribution in [1.82, 2.24) is 24.0 Å². The summed E-state index contributed by atoms with van der Waals surface area (Å²) < 4.78 is 31.2. The second kappa shape index (κ2) is 12.1. The van der Waals surface area contributed by atoms with Gasteiger partial charge in [-0.05, 0) is 79.8 Å². The molecule has 224 valence electrons. The zero-order valence-electron chi connectivity index (χ0n) is 24.4. The zero-order chi connectivity index (χ0) is 29.4. The van der Waals surface area contributed by atoms with Crippen molar-refractivity contribution in [2.45, 2.75) is 62.7 Å². The van der Waals surface area contributed by atoms with Crippen LogP contribution in [0.1, 0.15) is 59.3 Å². The highest BCUT2D eigenvalue weighted by Crippen LogP contribution is 2.36. The number of fused-ring (bicyclic) bond motifs is 2.